The van der Waals surface area contributed by atoms with Crippen molar-refractivity contribution in [1.29, 1.82) is 0 Å². The van der Waals surface area contributed by atoms with Crippen LogP contribution in [0.4, 0.5) is 22.6 Å². The van der Waals surface area contributed by atoms with Gasteiger partial charge in [0.25, 0.3) is 0 Å². The van der Waals surface area contributed by atoms with Gasteiger partial charge in [-0.1, -0.05) is 50.7 Å². The summed E-state index contributed by atoms with van der Waals surface area (Å²) in [4.78, 5) is 24.4. The van der Waals surface area contributed by atoms with Crippen LogP contribution in [-0.2, 0) is 13.0 Å². The normalized spacial score (nSPS) is 27.7. The molecular formula is C41H48N8O2S. The van der Waals surface area contributed by atoms with E-state index in [4.69, 9.17) is 15.1 Å². The average Bonchev–Trinajstić information content (AvgIpc) is 3.65. The molecule has 1 aromatic carbocycles. The van der Waals surface area contributed by atoms with E-state index in [0.717, 1.165) is 62.9 Å². The van der Waals surface area contributed by atoms with Crippen LogP contribution in [0.1, 0.15) is 106 Å². The standard InChI is InChI=1S/C41H48N8O2S/c1-6-15-40-19-38(4)18-39(5,20-40)22-41(21-38,23-40)24-49-26(3)29(17-42-49)28-13-14-32(44-33(28)36(50)51)48-16-9-10-27-25(2)34(46-47-35(27)48)45-37-43-30-11-7-8-12-31(30)52-37/h7-8,11-14,17H,6,9-10,15-16,18-24H2,1-5H3,(H,50,51)(H,43,45,46). The van der Waals surface area contributed by atoms with Gasteiger partial charge in [-0.3, -0.25) is 4.68 Å². The lowest BCUT2D eigenvalue weighted by Gasteiger charge is -2.70. The van der Waals surface area contributed by atoms with Gasteiger partial charge in [0.2, 0.25) is 0 Å². The van der Waals surface area contributed by atoms with E-state index in [9.17, 15) is 9.90 Å². The molecule has 4 fully saturated rings. The number of benzene rings is 1. The van der Waals surface area contributed by atoms with Crippen LogP contribution in [0, 0.1) is 35.5 Å². The van der Waals surface area contributed by atoms with Crippen molar-refractivity contribution < 1.29 is 9.90 Å². The van der Waals surface area contributed by atoms with E-state index in [0.29, 0.717) is 40.0 Å². The van der Waals surface area contributed by atoms with Crippen LogP contribution < -0.4 is 10.2 Å². The number of carbonyl (C=O) groups is 1. The van der Waals surface area contributed by atoms with Crippen LogP contribution in [-0.4, -0.2) is 47.6 Å². The molecule has 2 N–H and O–H groups in total. The molecule has 0 radical (unpaired) electrons. The fourth-order valence-corrected chi connectivity index (χ4v) is 13.1. The first kappa shape index (κ1) is 33.5. The number of para-hydroxylation sites is 1. The molecule has 4 aliphatic carbocycles. The summed E-state index contributed by atoms with van der Waals surface area (Å²) in [5.41, 5.74) is 6.96. The molecule has 0 saturated heterocycles. The molecule has 11 heteroatoms. The molecule has 5 heterocycles. The molecule has 10 rings (SSSR count). The van der Waals surface area contributed by atoms with Crippen molar-refractivity contribution >= 4 is 50.1 Å². The number of pyridine rings is 1. The molecule has 52 heavy (non-hydrogen) atoms. The highest BCUT2D eigenvalue weighted by Crippen LogP contribution is 2.75. The third-order valence-corrected chi connectivity index (χ3v) is 13.7. The topological polar surface area (TPSA) is 122 Å². The van der Waals surface area contributed by atoms with Gasteiger partial charge >= 0.3 is 5.97 Å². The Kier molecular flexibility index (Phi) is 7.60. The van der Waals surface area contributed by atoms with Crippen LogP contribution in [0.25, 0.3) is 21.3 Å². The van der Waals surface area contributed by atoms with Crippen molar-refractivity contribution in [2.45, 2.75) is 105 Å². The number of carboxylic acid groups (broad SMARTS) is 1. The van der Waals surface area contributed by atoms with Gasteiger partial charge < -0.3 is 15.3 Å². The third kappa shape index (κ3) is 5.49. The van der Waals surface area contributed by atoms with Gasteiger partial charge in [0, 0.05) is 41.0 Å². The Balaban J connectivity index is 1.00. The van der Waals surface area contributed by atoms with Crippen molar-refractivity contribution in [1.82, 2.24) is 29.9 Å². The highest BCUT2D eigenvalue weighted by molar-refractivity contribution is 7.22. The second kappa shape index (κ2) is 11.8. The number of anilines is 4. The van der Waals surface area contributed by atoms with Gasteiger partial charge in [-0.2, -0.15) is 5.10 Å². The molecule has 4 bridgehead atoms. The Labute approximate surface area is 309 Å². The van der Waals surface area contributed by atoms with Crippen LogP contribution in [0.3, 0.4) is 0 Å². The Bertz CT molecular complexity index is 2190. The average molecular weight is 717 g/mol. The quantitative estimate of drug-likeness (QED) is 0.154. The van der Waals surface area contributed by atoms with Crippen molar-refractivity contribution in [2.75, 3.05) is 16.8 Å². The molecule has 10 nitrogen and oxygen atoms in total. The number of carboxylic acids is 1. The van der Waals surface area contributed by atoms with Crippen molar-refractivity contribution in [3.63, 3.8) is 0 Å². The molecule has 0 spiro atoms. The van der Waals surface area contributed by atoms with Gasteiger partial charge in [-0.25, -0.2) is 14.8 Å². The zero-order valence-corrected chi connectivity index (χ0v) is 31.7. The first-order valence-electron chi connectivity index (χ1n) is 18.9. The summed E-state index contributed by atoms with van der Waals surface area (Å²) in [7, 11) is 0. The predicted octanol–water partition coefficient (Wildman–Crippen LogP) is 9.65. The monoisotopic (exact) mass is 716 g/mol. The predicted molar refractivity (Wildman–Crippen MR) is 206 cm³/mol. The molecule has 2 unspecified atom stereocenters. The Morgan fingerprint density at radius 1 is 0.942 bits per heavy atom. The molecule has 0 amide bonds. The van der Waals surface area contributed by atoms with Crippen molar-refractivity contribution in [3.05, 3.63) is 65.1 Å². The van der Waals surface area contributed by atoms with E-state index in [1.165, 1.54) is 51.4 Å². The molecule has 5 aliphatic rings. The van der Waals surface area contributed by atoms with E-state index >= 15 is 0 Å². The van der Waals surface area contributed by atoms with Crippen LogP contribution in [0.2, 0.25) is 0 Å². The fraction of sp³-hybridized carbons (Fsp3) is 0.512. The van der Waals surface area contributed by atoms with Gasteiger partial charge in [0.15, 0.2) is 22.5 Å². The highest BCUT2D eigenvalue weighted by atomic mass is 32.1. The summed E-state index contributed by atoms with van der Waals surface area (Å²) in [6, 6.07) is 11.9. The maximum absolute atomic E-state index is 12.8. The zero-order chi connectivity index (χ0) is 36.0. The summed E-state index contributed by atoms with van der Waals surface area (Å²) in [6.07, 6.45) is 14.0. The Morgan fingerprint density at radius 3 is 2.46 bits per heavy atom. The molecule has 4 saturated carbocycles. The molecule has 4 aromatic heterocycles. The molecular weight excluding hydrogens is 669 g/mol. The summed E-state index contributed by atoms with van der Waals surface area (Å²) >= 11 is 1.58. The number of rotatable bonds is 9. The van der Waals surface area contributed by atoms with E-state index in [1.807, 2.05) is 41.4 Å². The second-order valence-corrected chi connectivity index (χ2v) is 18.5. The molecule has 2 atom stereocenters. The molecule has 1 aliphatic heterocycles. The van der Waals surface area contributed by atoms with Gasteiger partial charge in [0.1, 0.15) is 5.82 Å². The lowest BCUT2D eigenvalue weighted by Crippen LogP contribution is -2.60. The summed E-state index contributed by atoms with van der Waals surface area (Å²) in [6.45, 7) is 13.1. The van der Waals surface area contributed by atoms with E-state index in [2.05, 4.69) is 60.9 Å². The molecule has 270 valence electrons. The fourth-order valence-electron chi connectivity index (χ4n) is 12.3. The molecule has 5 aromatic rings. The minimum atomic E-state index is -1.05. The number of aromatic nitrogens is 6. The summed E-state index contributed by atoms with van der Waals surface area (Å²) < 4.78 is 3.28. The van der Waals surface area contributed by atoms with Gasteiger partial charge in [-0.05, 0) is 118 Å². The first-order valence-corrected chi connectivity index (χ1v) is 19.7. The zero-order valence-electron chi connectivity index (χ0n) is 30.9. The first-order chi connectivity index (χ1) is 24.9. The van der Waals surface area contributed by atoms with Crippen LogP contribution >= 0.6 is 11.3 Å². The highest BCUT2D eigenvalue weighted by Gasteiger charge is 2.65. The minimum Gasteiger partial charge on any atom is -0.476 e. The largest absolute Gasteiger partial charge is 0.476 e. The van der Waals surface area contributed by atoms with Crippen molar-refractivity contribution in [2.24, 2.45) is 21.7 Å². The van der Waals surface area contributed by atoms with Gasteiger partial charge in [-0.15, -0.1) is 10.2 Å². The lowest BCUT2D eigenvalue weighted by atomic mass is 9.35. The minimum absolute atomic E-state index is 0.0304. The van der Waals surface area contributed by atoms with E-state index < -0.39 is 5.97 Å². The smallest absolute Gasteiger partial charge is 0.355 e. The Morgan fingerprint density at radius 2 is 1.71 bits per heavy atom. The maximum Gasteiger partial charge on any atom is 0.355 e. The third-order valence-electron chi connectivity index (χ3n) is 12.7. The summed E-state index contributed by atoms with van der Waals surface area (Å²) in [5, 5.41) is 28.9. The van der Waals surface area contributed by atoms with E-state index in [1.54, 1.807) is 11.3 Å². The number of fused-ring (bicyclic) bond motifs is 2. The second-order valence-electron chi connectivity index (χ2n) is 17.4. The number of hydrogen-bond donors (Lipinski definition) is 2. The number of nitrogens with zero attached hydrogens (tertiary/aromatic N) is 7. The lowest BCUT2D eigenvalue weighted by molar-refractivity contribution is -0.197. The van der Waals surface area contributed by atoms with Gasteiger partial charge in [0.05, 0.1) is 16.4 Å². The van der Waals surface area contributed by atoms with Crippen molar-refractivity contribution in [3.8, 4) is 11.1 Å². The number of nitrogens with one attached hydrogen (secondary N) is 1. The van der Waals surface area contributed by atoms with E-state index in [-0.39, 0.29) is 11.1 Å². The number of hydrogen-bond acceptors (Lipinski definition) is 9. The van der Waals surface area contributed by atoms with Crippen LogP contribution in [0.5, 0.6) is 0 Å². The number of aromatic carboxylic acids is 1. The number of thiazole rings is 1. The SMILES string of the molecule is CCCC12CC3(C)CC(C)(C1)CC(Cn1ncc(-c4ccc(N5CCCc6c5nnc(Nc5nc7ccccc7s5)c6C)nc4C(=O)O)c1C)(C3)C2. The van der Waals surface area contributed by atoms with Crippen LogP contribution in [0.15, 0.2) is 42.6 Å². The Hall–Kier alpha value is -4.38. The summed E-state index contributed by atoms with van der Waals surface area (Å²) in [5.74, 6) is 0.906. The maximum atomic E-state index is 12.8.